The summed E-state index contributed by atoms with van der Waals surface area (Å²) in [6.07, 6.45) is 0.354. The van der Waals surface area contributed by atoms with Crippen molar-refractivity contribution in [1.29, 1.82) is 0 Å². The van der Waals surface area contributed by atoms with Crippen LogP contribution in [0.4, 0.5) is 0 Å². The Labute approximate surface area is 165 Å². The Morgan fingerprint density at radius 3 is 2.36 bits per heavy atom. The van der Waals surface area contributed by atoms with Gasteiger partial charge in [0.1, 0.15) is 0 Å². The monoisotopic (exact) mass is 382 g/mol. The number of amides is 2. The van der Waals surface area contributed by atoms with E-state index >= 15 is 0 Å². The van der Waals surface area contributed by atoms with Gasteiger partial charge in [0.05, 0.1) is 6.54 Å². The minimum absolute atomic E-state index is 0.00638. The van der Waals surface area contributed by atoms with Crippen molar-refractivity contribution in [2.24, 2.45) is 0 Å². The molecule has 2 amide bonds. The second-order valence-corrected chi connectivity index (χ2v) is 6.78. The van der Waals surface area contributed by atoms with Gasteiger partial charge in [0.25, 0.3) is 5.91 Å². The van der Waals surface area contributed by atoms with E-state index in [-0.39, 0.29) is 24.8 Å². The lowest BCUT2D eigenvalue weighted by Crippen LogP contribution is -2.40. The summed E-state index contributed by atoms with van der Waals surface area (Å²) in [6.45, 7) is 4.46. The molecule has 0 unspecified atom stereocenters. The van der Waals surface area contributed by atoms with E-state index in [0.29, 0.717) is 25.1 Å². The lowest BCUT2D eigenvalue weighted by molar-refractivity contribution is -0.138. The number of carboxylic acid groups (broad SMARTS) is 1. The second-order valence-electron chi connectivity index (χ2n) is 6.78. The van der Waals surface area contributed by atoms with Crippen molar-refractivity contribution in [1.82, 2.24) is 10.2 Å². The number of hydrogen-bond donors (Lipinski definition) is 2. The summed E-state index contributed by atoms with van der Waals surface area (Å²) in [4.78, 5) is 37.3. The maximum absolute atomic E-state index is 12.6. The minimum atomic E-state index is -0.893. The molecule has 2 aromatic carbocycles. The topological polar surface area (TPSA) is 86.7 Å². The molecule has 0 heterocycles. The van der Waals surface area contributed by atoms with Gasteiger partial charge in [0, 0.05) is 25.1 Å². The van der Waals surface area contributed by atoms with Gasteiger partial charge in [-0.05, 0) is 49.1 Å². The summed E-state index contributed by atoms with van der Waals surface area (Å²) >= 11 is 0. The van der Waals surface area contributed by atoms with Gasteiger partial charge in [-0.3, -0.25) is 14.4 Å². The van der Waals surface area contributed by atoms with E-state index in [0.717, 1.165) is 16.7 Å². The molecule has 2 N–H and O–H groups in total. The fourth-order valence-corrected chi connectivity index (χ4v) is 2.77. The molecule has 2 rings (SSSR count). The Morgan fingerprint density at radius 1 is 1.00 bits per heavy atom. The Hall–Kier alpha value is -3.15. The molecule has 0 fully saturated rings. The molecule has 28 heavy (non-hydrogen) atoms. The number of benzene rings is 2. The molecule has 0 bridgehead atoms. The zero-order chi connectivity index (χ0) is 20.5. The summed E-state index contributed by atoms with van der Waals surface area (Å²) in [6, 6.07) is 14.9. The van der Waals surface area contributed by atoms with Crippen LogP contribution in [0.1, 0.15) is 39.9 Å². The van der Waals surface area contributed by atoms with Crippen LogP contribution in [0.2, 0.25) is 0 Å². The largest absolute Gasteiger partial charge is 0.481 e. The van der Waals surface area contributed by atoms with Gasteiger partial charge in [-0.15, -0.1) is 0 Å². The summed E-state index contributed by atoms with van der Waals surface area (Å²) in [5, 5.41) is 11.5. The first kappa shape index (κ1) is 21.2. The first-order valence-corrected chi connectivity index (χ1v) is 9.25. The van der Waals surface area contributed by atoms with E-state index in [9.17, 15) is 14.4 Å². The molecule has 6 heteroatoms. The number of carbonyl (C=O) groups is 3. The Kier molecular flexibility index (Phi) is 7.75. The van der Waals surface area contributed by atoms with Crippen LogP contribution >= 0.6 is 0 Å². The number of carbonyl (C=O) groups excluding carboxylic acids is 2. The van der Waals surface area contributed by atoms with Crippen molar-refractivity contribution in [3.8, 4) is 0 Å². The maximum atomic E-state index is 12.6. The highest BCUT2D eigenvalue weighted by Crippen LogP contribution is 2.10. The third kappa shape index (κ3) is 6.54. The summed E-state index contributed by atoms with van der Waals surface area (Å²) in [5.41, 5.74) is 3.57. The van der Waals surface area contributed by atoms with E-state index < -0.39 is 5.97 Å². The lowest BCUT2D eigenvalue weighted by Gasteiger charge is -2.23. The lowest BCUT2D eigenvalue weighted by atomic mass is 10.1. The van der Waals surface area contributed by atoms with Crippen LogP contribution in [0.3, 0.4) is 0 Å². The molecule has 0 saturated heterocycles. The van der Waals surface area contributed by atoms with Crippen LogP contribution in [0.25, 0.3) is 0 Å². The third-order valence-electron chi connectivity index (χ3n) is 4.56. The molecule has 0 aliphatic carbocycles. The summed E-state index contributed by atoms with van der Waals surface area (Å²) in [5.74, 6) is -1.44. The molecule has 6 nitrogen and oxygen atoms in total. The average Bonchev–Trinajstić information content (AvgIpc) is 2.67. The normalized spacial score (nSPS) is 10.4. The van der Waals surface area contributed by atoms with Crippen molar-refractivity contribution >= 4 is 17.8 Å². The first-order chi connectivity index (χ1) is 13.4. The van der Waals surface area contributed by atoms with E-state index in [4.69, 9.17) is 5.11 Å². The number of aliphatic carboxylic acids is 1. The molecular formula is C22H26N2O4. The zero-order valence-electron chi connectivity index (χ0n) is 16.3. The summed E-state index contributed by atoms with van der Waals surface area (Å²) < 4.78 is 0. The highest BCUT2D eigenvalue weighted by molar-refractivity contribution is 5.96. The zero-order valence-corrected chi connectivity index (χ0v) is 16.3. The third-order valence-corrected chi connectivity index (χ3v) is 4.56. The molecule has 0 aliphatic heterocycles. The fourth-order valence-electron chi connectivity index (χ4n) is 2.77. The van der Waals surface area contributed by atoms with E-state index in [1.165, 1.54) is 0 Å². The number of nitrogens with one attached hydrogen (secondary N) is 1. The maximum Gasteiger partial charge on any atom is 0.303 e. The summed E-state index contributed by atoms with van der Waals surface area (Å²) in [7, 11) is 0. The van der Waals surface area contributed by atoms with Gasteiger partial charge in [-0.2, -0.15) is 0 Å². The van der Waals surface area contributed by atoms with Gasteiger partial charge in [0.2, 0.25) is 5.91 Å². The van der Waals surface area contributed by atoms with Crippen LogP contribution < -0.4 is 5.32 Å². The molecule has 0 aliphatic rings. The smallest absolute Gasteiger partial charge is 0.303 e. The number of carboxylic acids is 1. The SMILES string of the molecule is Cc1ccc(C(=O)NCC(=O)N(CCCC(=O)O)Cc2ccccc2)cc1C. The Morgan fingerprint density at radius 2 is 1.71 bits per heavy atom. The number of nitrogens with zero attached hydrogens (tertiary/aromatic N) is 1. The molecule has 148 valence electrons. The fraction of sp³-hybridized carbons (Fsp3) is 0.318. The van der Waals surface area contributed by atoms with Gasteiger partial charge < -0.3 is 15.3 Å². The van der Waals surface area contributed by atoms with Crippen molar-refractivity contribution in [3.63, 3.8) is 0 Å². The van der Waals surface area contributed by atoms with Crippen molar-refractivity contribution in [2.45, 2.75) is 33.2 Å². The van der Waals surface area contributed by atoms with E-state index in [1.807, 2.05) is 50.2 Å². The number of aryl methyl sites for hydroxylation is 2. The number of rotatable bonds is 9. The Bertz CT molecular complexity index is 834. The minimum Gasteiger partial charge on any atom is -0.481 e. The van der Waals surface area contributed by atoms with E-state index in [1.54, 1.807) is 17.0 Å². The van der Waals surface area contributed by atoms with Crippen molar-refractivity contribution < 1.29 is 19.5 Å². The highest BCUT2D eigenvalue weighted by atomic mass is 16.4. The van der Waals surface area contributed by atoms with Crippen LogP contribution in [-0.2, 0) is 16.1 Å². The van der Waals surface area contributed by atoms with Crippen LogP contribution in [0, 0.1) is 13.8 Å². The van der Waals surface area contributed by atoms with Gasteiger partial charge in [-0.1, -0.05) is 36.4 Å². The van der Waals surface area contributed by atoms with Crippen LogP contribution in [-0.4, -0.2) is 40.9 Å². The van der Waals surface area contributed by atoms with Crippen LogP contribution in [0.15, 0.2) is 48.5 Å². The van der Waals surface area contributed by atoms with Crippen molar-refractivity contribution in [3.05, 3.63) is 70.8 Å². The molecular weight excluding hydrogens is 356 g/mol. The molecule has 0 radical (unpaired) electrons. The van der Waals surface area contributed by atoms with Gasteiger partial charge >= 0.3 is 5.97 Å². The molecule has 0 saturated carbocycles. The van der Waals surface area contributed by atoms with Gasteiger partial charge in [0.15, 0.2) is 0 Å². The Balaban J connectivity index is 1.98. The van der Waals surface area contributed by atoms with Gasteiger partial charge in [-0.25, -0.2) is 0 Å². The highest BCUT2D eigenvalue weighted by Gasteiger charge is 2.16. The second kappa shape index (κ2) is 10.3. The van der Waals surface area contributed by atoms with E-state index in [2.05, 4.69) is 5.32 Å². The number of hydrogen-bond acceptors (Lipinski definition) is 3. The molecule has 0 atom stereocenters. The first-order valence-electron chi connectivity index (χ1n) is 9.25. The predicted molar refractivity (Wildman–Crippen MR) is 107 cm³/mol. The molecule has 0 spiro atoms. The van der Waals surface area contributed by atoms with Crippen LogP contribution in [0.5, 0.6) is 0 Å². The molecule has 2 aromatic rings. The predicted octanol–water partition coefficient (Wildman–Crippen LogP) is 2.93. The molecule has 0 aromatic heterocycles. The standard InChI is InChI=1S/C22H26N2O4/c1-16-10-11-19(13-17(16)2)22(28)23-14-20(25)24(12-6-9-21(26)27)15-18-7-4-3-5-8-18/h3-5,7-8,10-11,13H,6,9,12,14-15H2,1-2H3,(H,23,28)(H,26,27). The average molecular weight is 382 g/mol. The van der Waals surface area contributed by atoms with Crippen molar-refractivity contribution in [2.75, 3.05) is 13.1 Å². The quantitative estimate of drug-likeness (QED) is 0.698.